The van der Waals surface area contributed by atoms with Crippen LogP contribution in [-0.4, -0.2) is 34.2 Å². The highest BCUT2D eigenvalue weighted by Crippen LogP contribution is 2.65. The Labute approximate surface area is 187 Å². The lowest BCUT2D eigenvalue weighted by Crippen LogP contribution is -2.41. The minimum Gasteiger partial charge on any atom is -0.480 e. The first kappa shape index (κ1) is 20.1. The van der Waals surface area contributed by atoms with Crippen molar-refractivity contribution in [2.45, 2.75) is 23.7 Å². The van der Waals surface area contributed by atoms with Gasteiger partial charge in [-0.3, -0.25) is 9.97 Å². The molecule has 6 heteroatoms. The van der Waals surface area contributed by atoms with E-state index in [-0.39, 0.29) is 23.7 Å². The van der Waals surface area contributed by atoms with Crippen LogP contribution in [-0.2, 0) is 0 Å². The molecule has 0 saturated heterocycles. The molecular formula is C26H24N4O2. The number of nitrogens with zero attached hydrogens (tertiary/aromatic N) is 4. The van der Waals surface area contributed by atoms with E-state index < -0.39 is 0 Å². The fourth-order valence-electron chi connectivity index (χ4n) is 4.91. The second-order valence-electron chi connectivity index (χ2n) is 7.90. The van der Waals surface area contributed by atoms with E-state index in [2.05, 4.69) is 58.5 Å². The molecule has 32 heavy (non-hydrogen) atoms. The molecule has 0 N–H and O–H groups in total. The van der Waals surface area contributed by atoms with E-state index in [1.807, 2.05) is 24.5 Å². The maximum Gasteiger partial charge on any atom is 0.232 e. The molecule has 0 amide bonds. The van der Waals surface area contributed by atoms with Gasteiger partial charge in [0.25, 0.3) is 0 Å². The van der Waals surface area contributed by atoms with Crippen molar-refractivity contribution in [3.05, 3.63) is 108 Å². The van der Waals surface area contributed by atoms with Crippen LogP contribution < -0.4 is 9.47 Å². The van der Waals surface area contributed by atoms with Gasteiger partial charge in [0.1, 0.15) is 0 Å². The first-order valence-electron chi connectivity index (χ1n) is 10.6. The SMILES string of the molecule is COc1cncc([C@@H]2[C@@H](c3ccccc3)[C@@H](c3ccccc3)[C@@H]2c2cncc(OC)n2)n1. The molecule has 0 bridgehead atoms. The van der Waals surface area contributed by atoms with E-state index in [0.29, 0.717) is 11.8 Å². The van der Waals surface area contributed by atoms with Crippen molar-refractivity contribution in [2.24, 2.45) is 0 Å². The summed E-state index contributed by atoms with van der Waals surface area (Å²) < 4.78 is 10.8. The molecule has 4 atom stereocenters. The molecule has 0 radical (unpaired) electrons. The average molecular weight is 425 g/mol. The van der Waals surface area contributed by atoms with Gasteiger partial charge in [0.2, 0.25) is 11.8 Å². The van der Waals surface area contributed by atoms with Crippen LogP contribution >= 0.6 is 0 Å². The van der Waals surface area contributed by atoms with Crippen LogP contribution in [0.2, 0.25) is 0 Å². The van der Waals surface area contributed by atoms with Crippen LogP contribution in [0.3, 0.4) is 0 Å². The van der Waals surface area contributed by atoms with E-state index in [9.17, 15) is 0 Å². The number of aromatic nitrogens is 4. The highest BCUT2D eigenvalue weighted by Gasteiger charge is 2.54. The number of rotatable bonds is 6. The number of ether oxygens (including phenoxy) is 2. The zero-order chi connectivity index (χ0) is 21.9. The summed E-state index contributed by atoms with van der Waals surface area (Å²) in [6.07, 6.45) is 6.94. The Morgan fingerprint density at radius 2 is 0.938 bits per heavy atom. The lowest BCUT2D eigenvalue weighted by Gasteiger charge is -2.52. The number of hydrogen-bond acceptors (Lipinski definition) is 6. The summed E-state index contributed by atoms with van der Waals surface area (Å²) in [5.74, 6) is 1.55. The van der Waals surface area contributed by atoms with Crippen LogP contribution in [0, 0.1) is 0 Å². The molecule has 1 aliphatic carbocycles. The largest absolute Gasteiger partial charge is 0.480 e. The van der Waals surface area contributed by atoms with Crippen LogP contribution in [0.5, 0.6) is 11.8 Å². The van der Waals surface area contributed by atoms with Gasteiger partial charge in [-0.15, -0.1) is 0 Å². The topological polar surface area (TPSA) is 70.0 Å². The lowest BCUT2D eigenvalue weighted by molar-refractivity contribution is 0.216. The number of hydrogen-bond donors (Lipinski definition) is 0. The van der Waals surface area contributed by atoms with Gasteiger partial charge in [-0.05, 0) is 11.1 Å². The van der Waals surface area contributed by atoms with E-state index in [1.165, 1.54) is 11.1 Å². The summed E-state index contributed by atoms with van der Waals surface area (Å²) in [6, 6.07) is 21.2. The Balaban J connectivity index is 1.69. The second kappa shape index (κ2) is 8.75. The van der Waals surface area contributed by atoms with Gasteiger partial charge in [0.15, 0.2) is 0 Å². The van der Waals surface area contributed by atoms with Gasteiger partial charge in [0.05, 0.1) is 38.0 Å². The molecule has 1 aliphatic rings. The molecule has 4 aromatic rings. The molecule has 0 spiro atoms. The predicted octanol–water partition coefficient (Wildman–Crippen LogP) is 4.73. The number of benzene rings is 2. The third-order valence-electron chi connectivity index (χ3n) is 6.28. The maximum atomic E-state index is 5.38. The van der Waals surface area contributed by atoms with Crippen molar-refractivity contribution in [3.8, 4) is 11.8 Å². The van der Waals surface area contributed by atoms with Gasteiger partial charge in [-0.25, -0.2) is 9.97 Å². The van der Waals surface area contributed by atoms with Crippen LogP contribution in [0.1, 0.15) is 46.2 Å². The summed E-state index contributed by atoms with van der Waals surface area (Å²) in [5.41, 5.74) is 4.31. The summed E-state index contributed by atoms with van der Waals surface area (Å²) in [7, 11) is 3.22. The molecule has 2 aromatic carbocycles. The molecular weight excluding hydrogens is 400 g/mol. The van der Waals surface area contributed by atoms with Gasteiger partial charge in [-0.1, -0.05) is 60.7 Å². The lowest BCUT2D eigenvalue weighted by atomic mass is 9.51. The van der Waals surface area contributed by atoms with Gasteiger partial charge in [-0.2, -0.15) is 0 Å². The third-order valence-corrected chi connectivity index (χ3v) is 6.28. The quantitative estimate of drug-likeness (QED) is 0.446. The van der Waals surface area contributed by atoms with E-state index in [4.69, 9.17) is 19.4 Å². The van der Waals surface area contributed by atoms with Crippen LogP contribution in [0.25, 0.3) is 0 Å². The minimum atomic E-state index is 0.0617. The summed E-state index contributed by atoms with van der Waals surface area (Å²) in [5, 5.41) is 0. The van der Waals surface area contributed by atoms with Crippen molar-refractivity contribution in [1.29, 1.82) is 0 Å². The molecule has 1 fully saturated rings. The highest BCUT2D eigenvalue weighted by molar-refractivity contribution is 5.45. The zero-order valence-corrected chi connectivity index (χ0v) is 18.0. The maximum absolute atomic E-state index is 5.38. The first-order valence-corrected chi connectivity index (χ1v) is 10.6. The Kier molecular flexibility index (Phi) is 5.50. The van der Waals surface area contributed by atoms with Crippen molar-refractivity contribution in [1.82, 2.24) is 19.9 Å². The second-order valence-corrected chi connectivity index (χ2v) is 7.90. The Morgan fingerprint density at radius 3 is 1.31 bits per heavy atom. The summed E-state index contributed by atoms with van der Waals surface area (Å²) in [6.45, 7) is 0. The number of methoxy groups -OCH3 is 2. The van der Waals surface area contributed by atoms with Crippen LogP contribution in [0.4, 0.5) is 0 Å². The molecule has 5 rings (SSSR count). The third kappa shape index (κ3) is 3.58. The van der Waals surface area contributed by atoms with Crippen LogP contribution in [0.15, 0.2) is 85.5 Å². The monoisotopic (exact) mass is 424 g/mol. The minimum absolute atomic E-state index is 0.0617. The average Bonchev–Trinajstić information content (AvgIpc) is 2.85. The smallest absolute Gasteiger partial charge is 0.232 e. The Morgan fingerprint density at radius 1 is 0.531 bits per heavy atom. The predicted molar refractivity (Wildman–Crippen MR) is 121 cm³/mol. The Bertz CT molecular complexity index is 1090. The standard InChI is InChI=1S/C26H24N4O2/c1-31-21-15-27-13-19(29-21)25-23(17-9-5-3-6-10-17)24(18-11-7-4-8-12-18)26(25)20-14-28-16-22(30-20)32-2/h3-16,23-26H,1-2H3/t23-,24+,25+,26-. The van der Waals surface area contributed by atoms with Gasteiger partial charge >= 0.3 is 0 Å². The highest BCUT2D eigenvalue weighted by atomic mass is 16.5. The van der Waals surface area contributed by atoms with Crippen molar-refractivity contribution in [3.63, 3.8) is 0 Å². The molecule has 0 aliphatic heterocycles. The van der Waals surface area contributed by atoms with E-state index >= 15 is 0 Å². The van der Waals surface area contributed by atoms with E-state index in [1.54, 1.807) is 26.6 Å². The van der Waals surface area contributed by atoms with Crippen molar-refractivity contribution >= 4 is 0 Å². The van der Waals surface area contributed by atoms with Crippen molar-refractivity contribution in [2.75, 3.05) is 14.2 Å². The Hall–Kier alpha value is -3.80. The molecule has 2 heterocycles. The normalized spacial score (nSPS) is 22.1. The van der Waals surface area contributed by atoms with Crippen molar-refractivity contribution < 1.29 is 9.47 Å². The molecule has 1 saturated carbocycles. The fourth-order valence-corrected chi connectivity index (χ4v) is 4.91. The zero-order valence-electron chi connectivity index (χ0n) is 18.0. The molecule has 160 valence electrons. The van der Waals surface area contributed by atoms with Gasteiger partial charge in [0, 0.05) is 36.1 Å². The fraction of sp³-hybridized carbons (Fsp3) is 0.231. The molecule has 0 unspecified atom stereocenters. The van der Waals surface area contributed by atoms with Gasteiger partial charge < -0.3 is 9.47 Å². The first-order chi connectivity index (χ1) is 15.8. The summed E-state index contributed by atoms with van der Waals surface area (Å²) >= 11 is 0. The van der Waals surface area contributed by atoms with E-state index in [0.717, 1.165) is 11.4 Å². The molecule has 2 aromatic heterocycles. The summed E-state index contributed by atoms with van der Waals surface area (Å²) in [4.78, 5) is 18.3. The molecule has 6 nitrogen and oxygen atoms in total.